The van der Waals surface area contributed by atoms with Crippen molar-refractivity contribution in [2.45, 2.75) is 52.7 Å². The summed E-state index contributed by atoms with van der Waals surface area (Å²) >= 11 is 0. The van der Waals surface area contributed by atoms with Gasteiger partial charge in [-0.3, -0.25) is 4.84 Å². The SMILES string of the molecule is CC(C)(C)OC(=O)COc1cccc(-c2nc(Nc3ccc4c(cnn4OC(=O)n4ncc5cc(Nc6nc(-c7cccc(OCC(=O)OC(C)(C)C)c7)nc7ccccc67)ccc54)c3)c3ccccc3n2)c1. The molecule has 366 valence electrons. The van der Waals surface area contributed by atoms with Crippen molar-refractivity contribution >= 4 is 84.7 Å². The first-order valence-corrected chi connectivity index (χ1v) is 23.2. The van der Waals surface area contributed by atoms with E-state index in [0.717, 1.165) is 15.6 Å². The Hall–Kier alpha value is -9.45. The van der Waals surface area contributed by atoms with Crippen LogP contribution in [0.3, 0.4) is 0 Å². The van der Waals surface area contributed by atoms with E-state index in [0.29, 0.717) is 90.1 Å². The van der Waals surface area contributed by atoms with Gasteiger partial charge in [0.15, 0.2) is 24.9 Å². The van der Waals surface area contributed by atoms with Gasteiger partial charge in [0.1, 0.15) is 39.9 Å². The third-order valence-corrected chi connectivity index (χ3v) is 10.9. The molecule has 10 rings (SSSR count). The first kappa shape index (κ1) is 47.2. The van der Waals surface area contributed by atoms with Gasteiger partial charge in [-0.05, 0) is 126 Å². The van der Waals surface area contributed by atoms with E-state index in [-0.39, 0.29) is 13.2 Å². The standard InChI is InChI=1S/C55H48N10O8/c1-54(2,3)71-47(66)31-69-39-15-11-13-33(27-39)49-60-43-19-9-7-17-41(43)51(62-49)58-37-21-23-45-35(25-37)29-56-64(45)53(68)73-65-46-24-22-38(26-36(46)30-57-65)59-52-42-18-8-10-20-44(42)61-50(63-52)34-14-12-16-40(28-34)70-32-48(67)72-55(4,5)6/h7-30H,31-32H2,1-6H3,(H,58,60,62)(H,59,61,63). The topological polar surface area (TPSA) is 209 Å². The van der Waals surface area contributed by atoms with Crippen molar-refractivity contribution < 1.29 is 38.2 Å². The molecule has 18 heteroatoms. The van der Waals surface area contributed by atoms with Crippen molar-refractivity contribution in [2.24, 2.45) is 0 Å². The van der Waals surface area contributed by atoms with Gasteiger partial charge >= 0.3 is 18.0 Å². The predicted molar refractivity (Wildman–Crippen MR) is 276 cm³/mol. The Morgan fingerprint density at radius 1 is 0.521 bits per heavy atom. The summed E-state index contributed by atoms with van der Waals surface area (Å²) in [4.78, 5) is 64.7. The lowest BCUT2D eigenvalue weighted by molar-refractivity contribution is -0.158. The molecule has 6 aromatic carbocycles. The van der Waals surface area contributed by atoms with Crippen LogP contribution in [0.4, 0.5) is 27.8 Å². The fourth-order valence-corrected chi connectivity index (χ4v) is 7.88. The number of esters is 2. The first-order valence-electron chi connectivity index (χ1n) is 23.2. The second-order valence-electron chi connectivity index (χ2n) is 18.9. The molecule has 0 spiro atoms. The van der Waals surface area contributed by atoms with E-state index >= 15 is 0 Å². The van der Waals surface area contributed by atoms with Gasteiger partial charge in [-0.25, -0.2) is 34.3 Å². The van der Waals surface area contributed by atoms with Gasteiger partial charge in [0, 0.05) is 44.0 Å². The molecule has 2 N–H and O–H groups in total. The van der Waals surface area contributed by atoms with Crippen LogP contribution in [-0.2, 0) is 19.1 Å². The molecule has 10 aromatic rings. The third kappa shape index (κ3) is 11.0. The number of nitrogens with one attached hydrogen (secondary N) is 2. The van der Waals surface area contributed by atoms with Gasteiger partial charge in [-0.1, -0.05) is 53.4 Å². The number of para-hydroxylation sites is 2. The van der Waals surface area contributed by atoms with Crippen LogP contribution in [0.1, 0.15) is 41.5 Å². The fourth-order valence-electron chi connectivity index (χ4n) is 7.88. The zero-order valence-corrected chi connectivity index (χ0v) is 40.6. The zero-order valence-electron chi connectivity index (χ0n) is 40.6. The number of anilines is 4. The van der Waals surface area contributed by atoms with E-state index in [2.05, 4.69) is 20.8 Å². The number of carbonyl (C=O) groups is 3. The number of ether oxygens (including phenoxy) is 4. The van der Waals surface area contributed by atoms with E-state index < -0.39 is 29.2 Å². The molecular formula is C55H48N10O8. The van der Waals surface area contributed by atoms with Crippen molar-refractivity contribution in [3.63, 3.8) is 0 Å². The van der Waals surface area contributed by atoms with Gasteiger partial charge in [0.2, 0.25) is 0 Å². The Morgan fingerprint density at radius 3 is 1.52 bits per heavy atom. The summed E-state index contributed by atoms with van der Waals surface area (Å²) in [5.74, 6) is 1.99. The molecule has 0 radical (unpaired) electrons. The number of nitrogens with zero attached hydrogens (tertiary/aromatic N) is 8. The highest BCUT2D eigenvalue weighted by atomic mass is 16.7. The van der Waals surface area contributed by atoms with Crippen molar-refractivity contribution in [1.29, 1.82) is 0 Å². The molecule has 0 aliphatic carbocycles. The second kappa shape index (κ2) is 19.4. The first-order chi connectivity index (χ1) is 35.1. The molecule has 0 saturated heterocycles. The van der Waals surface area contributed by atoms with Crippen molar-refractivity contribution in [3.8, 4) is 34.3 Å². The number of hydrogen-bond donors (Lipinski definition) is 2. The third-order valence-electron chi connectivity index (χ3n) is 10.9. The molecule has 73 heavy (non-hydrogen) atoms. The summed E-state index contributed by atoms with van der Waals surface area (Å²) in [7, 11) is 0. The maximum atomic E-state index is 13.7. The minimum absolute atomic E-state index is 0.242. The van der Waals surface area contributed by atoms with E-state index in [1.54, 1.807) is 90.3 Å². The molecular weight excluding hydrogens is 929 g/mol. The zero-order chi connectivity index (χ0) is 50.9. The van der Waals surface area contributed by atoms with E-state index in [9.17, 15) is 14.4 Å². The van der Waals surface area contributed by atoms with Gasteiger partial charge in [-0.15, -0.1) is 5.10 Å². The Morgan fingerprint density at radius 2 is 1.00 bits per heavy atom. The Bertz CT molecular complexity index is 3750. The smallest absolute Gasteiger partial charge is 0.461 e. The largest absolute Gasteiger partial charge is 0.482 e. The molecule has 0 saturated carbocycles. The van der Waals surface area contributed by atoms with Crippen LogP contribution in [0.25, 0.3) is 66.4 Å². The van der Waals surface area contributed by atoms with Crippen LogP contribution < -0.4 is 24.9 Å². The van der Waals surface area contributed by atoms with Crippen molar-refractivity contribution in [1.82, 2.24) is 39.7 Å². The second-order valence-corrected chi connectivity index (χ2v) is 18.9. The highest BCUT2D eigenvalue weighted by molar-refractivity contribution is 5.96. The molecule has 0 atom stereocenters. The molecule has 4 aromatic heterocycles. The summed E-state index contributed by atoms with van der Waals surface area (Å²) in [6.07, 6.45) is 2.40. The quantitative estimate of drug-likeness (QED) is 0.103. The number of aromatic nitrogens is 8. The van der Waals surface area contributed by atoms with Crippen LogP contribution in [0.5, 0.6) is 11.5 Å². The number of hydrogen-bond acceptors (Lipinski definition) is 16. The Labute approximate surface area is 417 Å². The van der Waals surface area contributed by atoms with Crippen molar-refractivity contribution in [3.05, 3.63) is 146 Å². The molecule has 0 aliphatic heterocycles. The van der Waals surface area contributed by atoms with Gasteiger partial charge in [-0.2, -0.15) is 9.78 Å². The predicted octanol–water partition coefficient (Wildman–Crippen LogP) is 10.6. The summed E-state index contributed by atoms with van der Waals surface area (Å²) < 4.78 is 23.4. The van der Waals surface area contributed by atoms with Crippen LogP contribution in [0, 0.1) is 0 Å². The number of rotatable bonds is 13. The van der Waals surface area contributed by atoms with E-state index in [1.807, 2.05) is 97.1 Å². The van der Waals surface area contributed by atoms with Crippen LogP contribution >= 0.6 is 0 Å². The van der Waals surface area contributed by atoms with Crippen LogP contribution in [0.15, 0.2) is 146 Å². The molecule has 0 amide bonds. The minimum Gasteiger partial charge on any atom is -0.482 e. The lowest BCUT2D eigenvalue weighted by Gasteiger charge is -2.19. The molecule has 0 aliphatic rings. The summed E-state index contributed by atoms with van der Waals surface area (Å²) in [6.45, 7) is 10.3. The molecule has 0 fully saturated rings. The molecule has 4 heterocycles. The summed E-state index contributed by atoms with van der Waals surface area (Å²) in [6, 6.07) is 40.6. The molecule has 0 bridgehead atoms. The van der Waals surface area contributed by atoms with Gasteiger partial charge in [0.05, 0.1) is 28.9 Å². The number of benzene rings is 6. The highest BCUT2D eigenvalue weighted by Gasteiger charge is 2.21. The maximum absolute atomic E-state index is 13.7. The van der Waals surface area contributed by atoms with Crippen LogP contribution in [-0.4, -0.2) is 82.1 Å². The minimum atomic E-state index is -0.772. The highest BCUT2D eigenvalue weighted by Crippen LogP contribution is 2.32. The van der Waals surface area contributed by atoms with Crippen molar-refractivity contribution in [2.75, 3.05) is 23.8 Å². The van der Waals surface area contributed by atoms with E-state index in [4.69, 9.17) is 43.7 Å². The average Bonchev–Trinajstić information content (AvgIpc) is 3.97. The Balaban J connectivity index is 0.836. The van der Waals surface area contributed by atoms with E-state index in [1.165, 1.54) is 4.68 Å². The average molecular weight is 977 g/mol. The number of carbonyl (C=O) groups excluding carboxylic acids is 3. The van der Waals surface area contributed by atoms with Crippen LogP contribution in [0.2, 0.25) is 0 Å². The summed E-state index contributed by atoms with van der Waals surface area (Å²) in [5, 5.41) is 18.5. The Kier molecular flexibility index (Phi) is 12.5. The number of fused-ring (bicyclic) bond motifs is 4. The summed E-state index contributed by atoms with van der Waals surface area (Å²) in [5.41, 5.74) is 3.98. The normalized spacial score (nSPS) is 11.7. The molecule has 18 nitrogen and oxygen atoms in total. The van der Waals surface area contributed by atoms with Gasteiger partial charge in [0.25, 0.3) is 0 Å². The molecule has 0 unspecified atom stereocenters. The maximum Gasteiger partial charge on any atom is 0.461 e. The lowest BCUT2D eigenvalue weighted by atomic mass is 10.1. The monoisotopic (exact) mass is 976 g/mol. The lowest BCUT2D eigenvalue weighted by Crippen LogP contribution is -2.27. The van der Waals surface area contributed by atoms with Gasteiger partial charge < -0.3 is 29.6 Å². The fraction of sp³-hybridized carbons (Fsp3) is 0.182.